The molecule has 110 valence electrons. The van der Waals surface area contributed by atoms with Crippen molar-refractivity contribution < 1.29 is 0 Å². The number of aliphatic imine (C=N–C) groups is 1. The van der Waals surface area contributed by atoms with Gasteiger partial charge in [0.1, 0.15) is 0 Å². The SMILES string of the molecule is CCC(CC)CNC(=NC)NCCN(C)CC.I. The van der Waals surface area contributed by atoms with Crippen molar-refractivity contribution in [1.29, 1.82) is 0 Å². The van der Waals surface area contributed by atoms with Crippen LogP contribution in [-0.4, -0.2) is 51.1 Å². The largest absolute Gasteiger partial charge is 0.356 e. The number of hydrogen-bond donors (Lipinski definition) is 2. The van der Waals surface area contributed by atoms with Crippen LogP contribution in [-0.2, 0) is 0 Å². The van der Waals surface area contributed by atoms with Gasteiger partial charge in [-0.05, 0) is 19.5 Å². The molecule has 0 aliphatic heterocycles. The molecule has 0 radical (unpaired) electrons. The molecule has 0 atom stereocenters. The Morgan fingerprint density at radius 2 is 1.78 bits per heavy atom. The maximum Gasteiger partial charge on any atom is 0.191 e. The van der Waals surface area contributed by atoms with Gasteiger partial charge in [0, 0.05) is 26.7 Å². The zero-order chi connectivity index (χ0) is 13.1. The minimum absolute atomic E-state index is 0. The molecule has 0 aromatic rings. The molecule has 2 N–H and O–H groups in total. The Balaban J connectivity index is 0. The van der Waals surface area contributed by atoms with E-state index in [1.165, 1.54) is 12.8 Å². The van der Waals surface area contributed by atoms with Gasteiger partial charge in [-0.2, -0.15) is 0 Å². The zero-order valence-corrected chi connectivity index (χ0v) is 15.0. The Hall–Kier alpha value is -0.0400. The first-order valence-electron chi connectivity index (χ1n) is 6.80. The van der Waals surface area contributed by atoms with Crippen LogP contribution < -0.4 is 10.6 Å². The average molecular weight is 370 g/mol. The highest BCUT2D eigenvalue weighted by Gasteiger charge is 2.04. The summed E-state index contributed by atoms with van der Waals surface area (Å²) in [5.41, 5.74) is 0. The van der Waals surface area contributed by atoms with Gasteiger partial charge in [-0.15, -0.1) is 24.0 Å². The van der Waals surface area contributed by atoms with Crippen LogP contribution >= 0.6 is 24.0 Å². The molecule has 0 spiro atoms. The van der Waals surface area contributed by atoms with Crippen molar-refractivity contribution in [3.63, 3.8) is 0 Å². The second-order valence-electron chi connectivity index (χ2n) is 4.46. The van der Waals surface area contributed by atoms with Gasteiger partial charge in [-0.1, -0.05) is 33.6 Å². The van der Waals surface area contributed by atoms with Gasteiger partial charge in [-0.25, -0.2) is 0 Å². The van der Waals surface area contributed by atoms with E-state index in [0.717, 1.165) is 38.1 Å². The predicted molar refractivity (Wildman–Crippen MR) is 92.0 cm³/mol. The molecular formula is C13H31IN4. The second-order valence-corrected chi connectivity index (χ2v) is 4.46. The van der Waals surface area contributed by atoms with Crippen LogP contribution in [0.25, 0.3) is 0 Å². The molecule has 0 rings (SSSR count). The maximum absolute atomic E-state index is 4.23. The van der Waals surface area contributed by atoms with Crippen molar-refractivity contribution in [2.75, 3.05) is 40.3 Å². The van der Waals surface area contributed by atoms with Crippen LogP contribution in [0.15, 0.2) is 4.99 Å². The van der Waals surface area contributed by atoms with E-state index in [1.54, 1.807) is 0 Å². The molecule has 0 fully saturated rings. The summed E-state index contributed by atoms with van der Waals surface area (Å²) >= 11 is 0. The third-order valence-electron chi connectivity index (χ3n) is 3.26. The van der Waals surface area contributed by atoms with Gasteiger partial charge in [0.15, 0.2) is 5.96 Å². The first-order chi connectivity index (χ1) is 8.17. The first-order valence-corrected chi connectivity index (χ1v) is 6.80. The number of hydrogen-bond acceptors (Lipinski definition) is 2. The lowest BCUT2D eigenvalue weighted by atomic mass is 10.0. The van der Waals surface area contributed by atoms with Gasteiger partial charge in [-0.3, -0.25) is 4.99 Å². The van der Waals surface area contributed by atoms with Crippen molar-refractivity contribution in [2.45, 2.75) is 33.6 Å². The van der Waals surface area contributed by atoms with Crippen molar-refractivity contribution in [1.82, 2.24) is 15.5 Å². The van der Waals surface area contributed by atoms with Gasteiger partial charge in [0.2, 0.25) is 0 Å². The quantitative estimate of drug-likeness (QED) is 0.391. The van der Waals surface area contributed by atoms with E-state index in [2.05, 4.69) is 48.3 Å². The topological polar surface area (TPSA) is 39.7 Å². The summed E-state index contributed by atoms with van der Waals surface area (Å²) in [6.07, 6.45) is 2.44. The molecule has 0 aromatic carbocycles. The van der Waals surface area contributed by atoms with Crippen LogP contribution in [0.1, 0.15) is 33.6 Å². The van der Waals surface area contributed by atoms with E-state index >= 15 is 0 Å². The molecule has 0 bridgehead atoms. The summed E-state index contributed by atoms with van der Waals surface area (Å²) < 4.78 is 0. The number of guanidine groups is 1. The Labute approximate surface area is 130 Å². The molecule has 18 heavy (non-hydrogen) atoms. The van der Waals surface area contributed by atoms with Gasteiger partial charge in [0.25, 0.3) is 0 Å². The third-order valence-corrected chi connectivity index (χ3v) is 3.26. The lowest BCUT2D eigenvalue weighted by Gasteiger charge is -2.18. The Morgan fingerprint density at radius 3 is 2.22 bits per heavy atom. The first kappa shape index (κ1) is 20.3. The fraction of sp³-hybridized carbons (Fsp3) is 0.923. The number of likely N-dealkylation sites (N-methyl/N-ethyl adjacent to an activating group) is 1. The van der Waals surface area contributed by atoms with Crippen LogP contribution in [0, 0.1) is 5.92 Å². The third kappa shape index (κ3) is 9.94. The number of nitrogens with one attached hydrogen (secondary N) is 2. The monoisotopic (exact) mass is 370 g/mol. The Bertz CT molecular complexity index is 205. The summed E-state index contributed by atoms with van der Waals surface area (Å²) in [5, 5.41) is 6.72. The Kier molecular flexibility index (Phi) is 15.1. The molecule has 0 saturated carbocycles. The normalized spacial score (nSPS) is 11.6. The van der Waals surface area contributed by atoms with Crippen LogP contribution in [0.3, 0.4) is 0 Å². The van der Waals surface area contributed by atoms with Crippen molar-refractivity contribution in [3.8, 4) is 0 Å². The minimum atomic E-state index is 0. The van der Waals surface area contributed by atoms with Crippen LogP contribution in [0.2, 0.25) is 0 Å². The molecule has 0 heterocycles. The molecule has 5 heteroatoms. The van der Waals surface area contributed by atoms with Crippen LogP contribution in [0.5, 0.6) is 0 Å². The van der Waals surface area contributed by atoms with E-state index in [9.17, 15) is 0 Å². The highest BCUT2D eigenvalue weighted by molar-refractivity contribution is 14.0. The smallest absolute Gasteiger partial charge is 0.191 e. The van der Waals surface area contributed by atoms with E-state index in [4.69, 9.17) is 0 Å². The van der Waals surface area contributed by atoms with Gasteiger partial charge in [0.05, 0.1) is 0 Å². The number of rotatable bonds is 8. The second kappa shape index (κ2) is 13.4. The summed E-state index contributed by atoms with van der Waals surface area (Å²) in [6.45, 7) is 10.7. The lowest BCUT2D eigenvalue weighted by molar-refractivity contribution is 0.357. The highest BCUT2D eigenvalue weighted by Crippen LogP contribution is 2.04. The number of halogens is 1. The van der Waals surface area contributed by atoms with Crippen LogP contribution in [0.4, 0.5) is 0 Å². The molecule has 0 saturated heterocycles. The molecule has 0 aromatic heterocycles. The molecule has 0 amide bonds. The fourth-order valence-corrected chi connectivity index (χ4v) is 1.56. The van der Waals surface area contributed by atoms with Crippen molar-refractivity contribution >= 4 is 29.9 Å². The molecule has 0 aliphatic carbocycles. The van der Waals surface area contributed by atoms with Crippen molar-refractivity contribution in [2.24, 2.45) is 10.9 Å². The van der Waals surface area contributed by atoms with Crippen molar-refractivity contribution in [3.05, 3.63) is 0 Å². The summed E-state index contributed by atoms with van der Waals surface area (Å²) in [7, 11) is 3.95. The predicted octanol–water partition coefficient (Wildman–Crippen LogP) is 2.16. The maximum atomic E-state index is 4.23. The summed E-state index contributed by atoms with van der Waals surface area (Å²) in [6, 6.07) is 0. The fourth-order valence-electron chi connectivity index (χ4n) is 1.56. The average Bonchev–Trinajstić information content (AvgIpc) is 2.37. The Morgan fingerprint density at radius 1 is 1.17 bits per heavy atom. The van der Waals surface area contributed by atoms with E-state index in [0.29, 0.717) is 0 Å². The highest BCUT2D eigenvalue weighted by atomic mass is 127. The summed E-state index contributed by atoms with van der Waals surface area (Å²) in [4.78, 5) is 6.51. The lowest BCUT2D eigenvalue weighted by Crippen LogP contribution is -2.42. The van der Waals surface area contributed by atoms with E-state index in [-0.39, 0.29) is 24.0 Å². The number of nitrogens with zero attached hydrogens (tertiary/aromatic N) is 2. The minimum Gasteiger partial charge on any atom is -0.356 e. The summed E-state index contributed by atoms with van der Waals surface area (Å²) in [5.74, 6) is 1.66. The molecule has 0 aliphatic rings. The van der Waals surface area contributed by atoms with Gasteiger partial charge >= 0.3 is 0 Å². The van der Waals surface area contributed by atoms with E-state index in [1.807, 2.05) is 7.05 Å². The van der Waals surface area contributed by atoms with Gasteiger partial charge < -0.3 is 15.5 Å². The zero-order valence-electron chi connectivity index (χ0n) is 12.6. The standard InChI is InChI=1S/C13H30N4.HI/c1-6-12(7-2)11-16-13(14-4)15-9-10-17(5)8-3;/h12H,6-11H2,1-5H3,(H2,14,15,16);1H. The molecular weight excluding hydrogens is 339 g/mol. The molecule has 0 unspecified atom stereocenters. The molecule has 4 nitrogen and oxygen atoms in total. The van der Waals surface area contributed by atoms with E-state index < -0.39 is 0 Å².